The fourth-order valence-corrected chi connectivity index (χ4v) is 1.41. The first-order chi connectivity index (χ1) is 7.33. The number of hydrogen-bond donors (Lipinski definition) is 3. The van der Waals surface area contributed by atoms with Crippen molar-refractivity contribution < 1.29 is 9.59 Å². The number of carbonyl (C=O) groups excluding carboxylic acids is 2. The summed E-state index contributed by atoms with van der Waals surface area (Å²) in [5, 5.41) is 4.47. The van der Waals surface area contributed by atoms with Crippen molar-refractivity contribution in [3.63, 3.8) is 0 Å². The predicted octanol–water partition coefficient (Wildman–Crippen LogP) is -0.0334. The first-order valence-corrected chi connectivity index (χ1v) is 5.50. The molecule has 0 aliphatic heterocycles. The lowest BCUT2D eigenvalue weighted by atomic mass is 9.93. The highest BCUT2D eigenvalue weighted by molar-refractivity contribution is 7.13. The zero-order valence-electron chi connectivity index (χ0n) is 9.11. The summed E-state index contributed by atoms with van der Waals surface area (Å²) >= 11 is 1.19. The van der Waals surface area contributed by atoms with Gasteiger partial charge >= 0.3 is 0 Å². The van der Waals surface area contributed by atoms with Crippen molar-refractivity contribution in [3.8, 4) is 0 Å². The molecular formula is C9H14N4O2S. The second-order valence-corrected chi connectivity index (χ2v) is 4.89. The molecule has 0 bridgehead atoms. The Morgan fingerprint density at radius 1 is 1.56 bits per heavy atom. The van der Waals surface area contributed by atoms with Gasteiger partial charge in [-0.3, -0.25) is 9.59 Å². The van der Waals surface area contributed by atoms with Crippen molar-refractivity contribution in [3.05, 3.63) is 11.1 Å². The van der Waals surface area contributed by atoms with Crippen LogP contribution in [-0.2, 0) is 4.79 Å². The molecule has 7 heteroatoms. The van der Waals surface area contributed by atoms with Gasteiger partial charge < -0.3 is 16.8 Å². The van der Waals surface area contributed by atoms with Crippen molar-refractivity contribution >= 4 is 28.3 Å². The number of hydrogen-bond acceptors (Lipinski definition) is 5. The third kappa shape index (κ3) is 2.93. The molecule has 0 aliphatic rings. The van der Waals surface area contributed by atoms with Gasteiger partial charge in [-0.25, -0.2) is 4.98 Å². The Kier molecular flexibility index (Phi) is 3.48. The summed E-state index contributed by atoms with van der Waals surface area (Å²) in [4.78, 5) is 26.4. The zero-order valence-corrected chi connectivity index (χ0v) is 9.93. The second-order valence-electron chi connectivity index (χ2n) is 4.00. The van der Waals surface area contributed by atoms with E-state index < -0.39 is 11.3 Å². The van der Waals surface area contributed by atoms with E-state index in [1.807, 2.05) is 0 Å². The van der Waals surface area contributed by atoms with E-state index in [1.165, 1.54) is 11.3 Å². The number of nitrogens with two attached hydrogens (primary N) is 2. The Bertz CT molecular complexity index is 413. The van der Waals surface area contributed by atoms with Gasteiger partial charge in [0.2, 0.25) is 5.91 Å². The monoisotopic (exact) mass is 242 g/mol. The number of nitrogens with zero attached hydrogens (tertiary/aromatic N) is 1. The summed E-state index contributed by atoms with van der Waals surface area (Å²) in [5.41, 5.74) is 10.0. The van der Waals surface area contributed by atoms with Gasteiger partial charge in [0.05, 0.1) is 5.41 Å². The molecule has 88 valence electrons. The van der Waals surface area contributed by atoms with Crippen LogP contribution in [0.2, 0.25) is 0 Å². The maximum Gasteiger partial charge on any atom is 0.270 e. The summed E-state index contributed by atoms with van der Waals surface area (Å²) in [6, 6.07) is 0. The Balaban J connectivity index is 2.57. The molecule has 0 fully saturated rings. The minimum atomic E-state index is -0.781. The summed E-state index contributed by atoms with van der Waals surface area (Å²) in [7, 11) is 0. The van der Waals surface area contributed by atoms with E-state index in [2.05, 4.69) is 10.3 Å². The molecule has 0 aromatic carbocycles. The number of thiazole rings is 1. The van der Waals surface area contributed by atoms with Crippen molar-refractivity contribution in [2.45, 2.75) is 13.8 Å². The van der Waals surface area contributed by atoms with E-state index in [-0.39, 0.29) is 18.1 Å². The summed E-state index contributed by atoms with van der Waals surface area (Å²) in [5.74, 6) is -0.826. The third-order valence-electron chi connectivity index (χ3n) is 2.11. The van der Waals surface area contributed by atoms with E-state index >= 15 is 0 Å². The number of carbonyl (C=O) groups is 2. The third-order valence-corrected chi connectivity index (χ3v) is 2.79. The van der Waals surface area contributed by atoms with Crippen LogP contribution in [0.3, 0.4) is 0 Å². The molecule has 0 atom stereocenters. The van der Waals surface area contributed by atoms with Crippen LogP contribution in [0.15, 0.2) is 5.38 Å². The average molecular weight is 242 g/mol. The molecule has 0 spiro atoms. The molecule has 1 rings (SSSR count). The van der Waals surface area contributed by atoms with Gasteiger partial charge in [0.25, 0.3) is 5.91 Å². The van der Waals surface area contributed by atoms with Crippen LogP contribution in [0, 0.1) is 5.41 Å². The van der Waals surface area contributed by atoms with Crippen LogP contribution in [0.4, 0.5) is 5.13 Å². The lowest BCUT2D eigenvalue weighted by molar-refractivity contribution is -0.125. The highest BCUT2D eigenvalue weighted by atomic mass is 32.1. The minimum absolute atomic E-state index is 0.165. The molecule has 1 aromatic rings. The minimum Gasteiger partial charge on any atom is -0.375 e. The van der Waals surface area contributed by atoms with Gasteiger partial charge in [-0.2, -0.15) is 0 Å². The van der Waals surface area contributed by atoms with E-state index in [1.54, 1.807) is 19.2 Å². The maximum absolute atomic E-state index is 11.6. The molecule has 1 heterocycles. The van der Waals surface area contributed by atoms with E-state index in [4.69, 9.17) is 11.5 Å². The van der Waals surface area contributed by atoms with Crippen LogP contribution in [0.5, 0.6) is 0 Å². The zero-order chi connectivity index (χ0) is 12.3. The quantitative estimate of drug-likeness (QED) is 0.688. The van der Waals surface area contributed by atoms with Crippen molar-refractivity contribution in [1.82, 2.24) is 10.3 Å². The van der Waals surface area contributed by atoms with E-state index in [9.17, 15) is 9.59 Å². The van der Waals surface area contributed by atoms with Crippen LogP contribution in [-0.4, -0.2) is 23.3 Å². The molecule has 5 N–H and O–H groups in total. The molecule has 0 saturated carbocycles. The molecule has 0 aliphatic carbocycles. The fraction of sp³-hybridized carbons (Fsp3) is 0.444. The second kappa shape index (κ2) is 4.48. The van der Waals surface area contributed by atoms with Crippen molar-refractivity contribution in [2.75, 3.05) is 12.3 Å². The largest absolute Gasteiger partial charge is 0.375 e. The molecule has 1 aromatic heterocycles. The maximum atomic E-state index is 11.6. The van der Waals surface area contributed by atoms with Crippen LogP contribution >= 0.6 is 11.3 Å². The molecule has 0 unspecified atom stereocenters. The molecule has 0 saturated heterocycles. The van der Waals surface area contributed by atoms with Crippen LogP contribution in [0.25, 0.3) is 0 Å². The highest BCUT2D eigenvalue weighted by Gasteiger charge is 2.25. The van der Waals surface area contributed by atoms with Gasteiger partial charge in [-0.15, -0.1) is 11.3 Å². The standard InChI is InChI=1S/C9H14N4O2S/c1-9(2,7(10)15)4-12-6(14)5-3-16-8(11)13-5/h3H,4H2,1-2H3,(H2,10,15)(H2,11,13)(H,12,14). The Labute approximate surface area is 97.0 Å². The molecule has 6 nitrogen and oxygen atoms in total. The number of nitrogens with one attached hydrogen (secondary N) is 1. The number of amides is 2. The Morgan fingerprint density at radius 3 is 2.62 bits per heavy atom. The van der Waals surface area contributed by atoms with Crippen molar-refractivity contribution in [1.29, 1.82) is 0 Å². The topological polar surface area (TPSA) is 111 Å². The molecular weight excluding hydrogens is 228 g/mol. The smallest absolute Gasteiger partial charge is 0.270 e. The Hall–Kier alpha value is -1.63. The summed E-state index contributed by atoms with van der Waals surface area (Å²) in [6.07, 6.45) is 0. The summed E-state index contributed by atoms with van der Waals surface area (Å²) in [6.45, 7) is 3.48. The van der Waals surface area contributed by atoms with Gasteiger partial charge in [-0.1, -0.05) is 0 Å². The lowest BCUT2D eigenvalue weighted by Crippen LogP contribution is -2.42. The number of primary amides is 1. The number of rotatable bonds is 4. The van der Waals surface area contributed by atoms with Gasteiger partial charge in [0.1, 0.15) is 5.69 Å². The van der Waals surface area contributed by atoms with Gasteiger partial charge in [-0.05, 0) is 13.8 Å². The SMILES string of the molecule is CC(C)(CNC(=O)c1csc(N)n1)C(N)=O. The molecule has 0 radical (unpaired) electrons. The molecule has 2 amide bonds. The van der Waals surface area contributed by atoms with Gasteiger partial charge in [0.15, 0.2) is 5.13 Å². The predicted molar refractivity (Wildman–Crippen MR) is 61.8 cm³/mol. The van der Waals surface area contributed by atoms with Gasteiger partial charge in [0, 0.05) is 11.9 Å². The first-order valence-electron chi connectivity index (χ1n) is 4.62. The Morgan fingerprint density at radius 2 is 2.19 bits per heavy atom. The van der Waals surface area contributed by atoms with E-state index in [0.717, 1.165) is 0 Å². The first kappa shape index (κ1) is 12.4. The number of nitrogen functional groups attached to an aromatic ring is 1. The number of anilines is 1. The normalized spacial score (nSPS) is 11.1. The lowest BCUT2D eigenvalue weighted by Gasteiger charge is -2.20. The molecule has 16 heavy (non-hydrogen) atoms. The number of aromatic nitrogens is 1. The van der Waals surface area contributed by atoms with Crippen molar-refractivity contribution in [2.24, 2.45) is 11.1 Å². The van der Waals surface area contributed by atoms with E-state index in [0.29, 0.717) is 5.13 Å². The van der Waals surface area contributed by atoms with Crippen LogP contribution in [0.1, 0.15) is 24.3 Å². The van der Waals surface area contributed by atoms with Crippen LogP contribution < -0.4 is 16.8 Å². The fourth-order valence-electron chi connectivity index (χ4n) is 0.871. The highest BCUT2D eigenvalue weighted by Crippen LogP contribution is 2.14. The summed E-state index contributed by atoms with van der Waals surface area (Å²) < 4.78 is 0. The average Bonchev–Trinajstić information content (AvgIpc) is 2.61.